The number of anilines is 2. The van der Waals surface area contributed by atoms with Gasteiger partial charge >= 0.3 is 0 Å². The lowest BCUT2D eigenvalue weighted by molar-refractivity contribution is -0.119. The highest BCUT2D eigenvalue weighted by molar-refractivity contribution is 5.96. The first-order valence-electron chi connectivity index (χ1n) is 6.75. The molecule has 1 aromatic carbocycles. The van der Waals surface area contributed by atoms with Gasteiger partial charge in [0.25, 0.3) is 5.91 Å². The Morgan fingerprint density at radius 3 is 2.71 bits per heavy atom. The molecule has 0 fully saturated rings. The van der Waals surface area contributed by atoms with Gasteiger partial charge in [0.15, 0.2) is 0 Å². The molecule has 7 nitrogen and oxygen atoms in total. The minimum Gasteiger partial charge on any atom is -0.397 e. The fraction of sp³-hybridized carbons (Fsp3) is 0.429. The van der Waals surface area contributed by atoms with E-state index in [1.54, 1.807) is 25.3 Å². The van der Waals surface area contributed by atoms with Gasteiger partial charge in [-0.15, -0.1) is 0 Å². The maximum Gasteiger partial charge on any atom is 0.251 e. The van der Waals surface area contributed by atoms with Gasteiger partial charge in [0.05, 0.1) is 24.5 Å². The first-order chi connectivity index (χ1) is 10.1. The quantitative estimate of drug-likeness (QED) is 0.405. The Bertz CT molecular complexity index is 491. The predicted molar refractivity (Wildman–Crippen MR) is 82.2 cm³/mol. The van der Waals surface area contributed by atoms with Crippen molar-refractivity contribution in [3.8, 4) is 0 Å². The highest BCUT2D eigenvalue weighted by Crippen LogP contribution is 2.19. The second-order valence-electron chi connectivity index (χ2n) is 4.36. The van der Waals surface area contributed by atoms with Crippen molar-refractivity contribution in [3.63, 3.8) is 0 Å². The summed E-state index contributed by atoms with van der Waals surface area (Å²) < 4.78 is 4.84. The molecule has 0 radical (unpaired) electrons. The summed E-state index contributed by atoms with van der Waals surface area (Å²) >= 11 is 0. The van der Waals surface area contributed by atoms with E-state index in [0.29, 0.717) is 36.6 Å². The number of methoxy groups -OCH3 is 1. The third kappa shape index (κ3) is 5.70. The van der Waals surface area contributed by atoms with Crippen LogP contribution in [0.5, 0.6) is 0 Å². The topological polar surface area (TPSA) is 105 Å². The summed E-state index contributed by atoms with van der Waals surface area (Å²) in [5.74, 6) is -0.347. The van der Waals surface area contributed by atoms with Crippen LogP contribution in [0.4, 0.5) is 11.4 Å². The van der Waals surface area contributed by atoms with E-state index in [4.69, 9.17) is 10.5 Å². The number of rotatable bonds is 8. The van der Waals surface area contributed by atoms with E-state index in [1.807, 2.05) is 6.92 Å². The van der Waals surface area contributed by atoms with Gasteiger partial charge in [0, 0.05) is 25.8 Å². The van der Waals surface area contributed by atoms with Gasteiger partial charge in [0.2, 0.25) is 5.91 Å². The minimum atomic E-state index is -0.176. The molecule has 0 bridgehead atoms. The van der Waals surface area contributed by atoms with Gasteiger partial charge in [-0.1, -0.05) is 0 Å². The highest BCUT2D eigenvalue weighted by Gasteiger charge is 2.08. The van der Waals surface area contributed by atoms with Crippen molar-refractivity contribution >= 4 is 23.2 Å². The zero-order valence-corrected chi connectivity index (χ0v) is 12.4. The molecule has 0 spiro atoms. The highest BCUT2D eigenvalue weighted by atomic mass is 16.5. The lowest BCUT2D eigenvalue weighted by Gasteiger charge is -2.11. The first-order valence-corrected chi connectivity index (χ1v) is 6.75. The molecule has 0 saturated carbocycles. The summed E-state index contributed by atoms with van der Waals surface area (Å²) in [4.78, 5) is 23.3. The minimum absolute atomic E-state index is 0.0762. The van der Waals surface area contributed by atoms with Crippen LogP contribution < -0.4 is 21.7 Å². The molecule has 5 N–H and O–H groups in total. The molecule has 0 unspecified atom stereocenters. The Morgan fingerprint density at radius 2 is 2.05 bits per heavy atom. The van der Waals surface area contributed by atoms with Crippen LogP contribution >= 0.6 is 0 Å². The lowest BCUT2D eigenvalue weighted by Crippen LogP contribution is -2.32. The van der Waals surface area contributed by atoms with E-state index in [2.05, 4.69) is 16.0 Å². The summed E-state index contributed by atoms with van der Waals surface area (Å²) in [6.45, 7) is 3.38. The molecule has 0 aromatic heterocycles. The van der Waals surface area contributed by atoms with E-state index in [9.17, 15) is 9.59 Å². The van der Waals surface area contributed by atoms with Crippen LogP contribution in [0, 0.1) is 0 Å². The third-order valence-corrected chi connectivity index (χ3v) is 2.72. The number of nitrogen functional groups attached to an aromatic ring is 1. The molecule has 0 aliphatic rings. The molecular weight excluding hydrogens is 272 g/mol. The predicted octanol–water partition coefficient (Wildman–Crippen LogP) is 0.193. The average molecular weight is 294 g/mol. The zero-order valence-electron chi connectivity index (χ0n) is 12.4. The summed E-state index contributed by atoms with van der Waals surface area (Å²) in [5, 5.41) is 8.31. The number of benzene rings is 1. The molecule has 0 aliphatic carbocycles. The van der Waals surface area contributed by atoms with Gasteiger partial charge in [-0.05, 0) is 25.1 Å². The molecule has 7 heteroatoms. The van der Waals surface area contributed by atoms with Crippen molar-refractivity contribution < 1.29 is 14.3 Å². The average Bonchev–Trinajstić information content (AvgIpc) is 2.47. The van der Waals surface area contributed by atoms with E-state index < -0.39 is 0 Å². The number of nitrogens with one attached hydrogen (secondary N) is 3. The van der Waals surface area contributed by atoms with Crippen molar-refractivity contribution in [2.45, 2.75) is 6.92 Å². The van der Waals surface area contributed by atoms with Crippen LogP contribution in [0.25, 0.3) is 0 Å². The summed E-state index contributed by atoms with van der Waals surface area (Å²) in [7, 11) is 1.57. The number of hydrogen-bond acceptors (Lipinski definition) is 5. The number of nitrogens with two attached hydrogens (primary N) is 1. The van der Waals surface area contributed by atoms with Crippen LogP contribution in [0.1, 0.15) is 17.3 Å². The lowest BCUT2D eigenvalue weighted by atomic mass is 10.1. The van der Waals surface area contributed by atoms with Gasteiger partial charge in [0.1, 0.15) is 0 Å². The van der Waals surface area contributed by atoms with E-state index in [0.717, 1.165) is 0 Å². The van der Waals surface area contributed by atoms with Crippen molar-refractivity contribution in [1.29, 1.82) is 0 Å². The molecule has 2 amide bonds. The molecule has 1 aromatic rings. The smallest absolute Gasteiger partial charge is 0.251 e. The van der Waals surface area contributed by atoms with Crippen molar-refractivity contribution in [2.75, 3.05) is 44.4 Å². The Labute approximate surface area is 124 Å². The second kappa shape index (κ2) is 8.80. The molecule has 1 rings (SSSR count). The molecular formula is C14H22N4O3. The van der Waals surface area contributed by atoms with E-state index >= 15 is 0 Å². The van der Waals surface area contributed by atoms with Crippen LogP contribution in [0.2, 0.25) is 0 Å². The standard InChI is InChI=1S/C14H22N4O3/c1-3-16-14(20)10-4-5-11(15)12(8-10)18-9-13(19)17-6-7-21-2/h4-5,8,18H,3,6-7,9,15H2,1-2H3,(H,16,20)(H,17,19). The Morgan fingerprint density at radius 1 is 1.29 bits per heavy atom. The summed E-state index contributed by atoms with van der Waals surface area (Å²) in [5.41, 5.74) is 7.35. The van der Waals surface area contributed by atoms with Crippen LogP contribution in [0.3, 0.4) is 0 Å². The van der Waals surface area contributed by atoms with Gasteiger partial charge in [-0.3, -0.25) is 9.59 Å². The molecule has 0 atom stereocenters. The summed E-state index contributed by atoms with van der Waals surface area (Å²) in [6.07, 6.45) is 0. The zero-order chi connectivity index (χ0) is 15.7. The fourth-order valence-corrected chi connectivity index (χ4v) is 1.64. The van der Waals surface area contributed by atoms with Crippen LogP contribution in [0.15, 0.2) is 18.2 Å². The Balaban J connectivity index is 2.59. The molecule has 0 saturated heterocycles. The van der Waals surface area contributed by atoms with Crippen molar-refractivity contribution in [1.82, 2.24) is 10.6 Å². The van der Waals surface area contributed by atoms with Gasteiger partial charge < -0.3 is 26.4 Å². The maximum atomic E-state index is 11.7. The molecule has 0 aliphatic heterocycles. The Kier molecular flexibility index (Phi) is 7.03. The van der Waals surface area contributed by atoms with E-state index in [1.165, 1.54) is 0 Å². The number of hydrogen-bond donors (Lipinski definition) is 4. The van der Waals surface area contributed by atoms with E-state index in [-0.39, 0.29) is 18.4 Å². The molecule has 21 heavy (non-hydrogen) atoms. The van der Waals surface area contributed by atoms with Gasteiger partial charge in [-0.2, -0.15) is 0 Å². The largest absolute Gasteiger partial charge is 0.397 e. The molecule has 0 heterocycles. The first kappa shape index (κ1) is 16.8. The van der Waals surface area contributed by atoms with Crippen LogP contribution in [-0.2, 0) is 9.53 Å². The maximum absolute atomic E-state index is 11.7. The Hall–Kier alpha value is -2.28. The van der Waals surface area contributed by atoms with Crippen molar-refractivity contribution in [2.24, 2.45) is 0 Å². The fourth-order valence-electron chi connectivity index (χ4n) is 1.64. The summed E-state index contributed by atoms with van der Waals surface area (Å²) in [6, 6.07) is 4.91. The van der Waals surface area contributed by atoms with Crippen molar-refractivity contribution in [3.05, 3.63) is 23.8 Å². The third-order valence-electron chi connectivity index (χ3n) is 2.72. The normalized spacial score (nSPS) is 10.0. The SMILES string of the molecule is CCNC(=O)c1ccc(N)c(NCC(=O)NCCOC)c1. The number of carbonyl (C=O) groups excluding carboxylic acids is 2. The monoisotopic (exact) mass is 294 g/mol. The second-order valence-corrected chi connectivity index (χ2v) is 4.36. The number of amides is 2. The van der Waals surface area contributed by atoms with Gasteiger partial charge in [-0.25, -0.2) is 0 Å². The molecule has 116 valence electrons. The number of ether oxygens (including phenoxy) is 1. The number of carbonyl (C=O) groups is 2. The van der Waals surface area contributed by atoms with Crippen LogP contribution in [-0.4, -0.2) is 45.2 Å².